The first-order chi connectivity index (χ1) is 14.9. The molecule has 3 N–H and O–H groups in total. The summed E-state index contributed by atoms with van der Waals surface area (Å²) in [5, 5.41) is 22.4. The fourth-order valence-electron chi connectivity index (χ4n) is 3.61. The number of aliphatic hydroxyl groups excluding tert-OH is 1. The predicted octanol–water partition coefficient (Wildman–Crippen LogP) is 4.07. The largest absolute Gasteiger partial charge is 0.481 e. The highest BCUT2D eigenvalue weighted by molar-refractivity contribution is 6.30. The molecule has 1 heterocycles. The van der Waals surface area contributed by atoms with Crippen LogP contribution in [0.25, 0.3) is 11.1 Å². The number of carboxylic acids is 1. The summed E-state index contributed by atoms with van der Waals surface area (Å²) in [4.78, 5) is 27.8. The third kappa shape index (κ3) is 6.67. The second-order valence-electron chi connectivity index (χ2n) is 7.71. The Bertz CT molecular complexity index is 903. The lowest BCUT2D eigenvalue weighted by Gasteiger charge is -2.28. The molecule has 1 amide bonds. The van der Waals surface area contributed by atoms with Crippen molar-refractivity contribution in [3.63, 3.8) is 0 Å². The smallest absolute Gasteiger partial charge is 0.303 e. The summed E-state index contributed by atoms with van der Waals surface area (Å²) in [6, 6.07) is 8.60. The van der Waals surface area contributed by atoms with Gasteiger partial charge < -0.3 is 20.3 Å². The summed E-state index contributed by atoms with van der Waals surface area (Å²) in [7, 11) is 0. The van der Waals surface area contributed by atoms with Crippen LogP contribution in [-0.2, 0) is 4.79 Å². The van der Waals surface area contributed by atoms with Gasteiger partial charge in [0.2, 0.25) is 5.88 Å². The van der Waals surface area contributed by atoms with Gasteiger partial charge in [-0.2, -0.15) is 0 Å². The van der Waals surface area contributed by atoms with E-state index in [1.165, 1.54) is 6.20 Å². The molecule has 1 aliphatic carbocycles. The summed E-state index contributed by atoms with van der Waals surface area (Å²) in [6.07, 6.45) is 5.49. The van der Waals surface area contributed by atoms with E-state index in [9.17, 15) is 14.7 Å². The number of amides is 1. The van der Waals surface area contributed by atoms with Crippen molar-refractivity contribution in [2.24, 2.45) is 0 Å². The topological polar surface area (TPSA) is 109 Å². The van der Waals surface area contributed by atoms with Crippen LogP contribution < -0.4 is 10.1 Å². The van der Waals surface area contributed by atoms with Crippen molar-refractivity contribution in [3.05, 3.63) is 47.1 Å². The number of nitrogens with zero attached hydrogens (tertiary/aromatic N) is 1. The Hall–Kier alpha value is -2.64. The Morgan fingerprint density at radius 2 is 1.90 bits per heavy atom. The molecule has 3 rings (SSSR count). The fourth-order valence-corrected chi connectivity index (χ4v) is 3.73. The molecule has 8 heteroatoms. The van der Waals surface area contributed by atoms with Crippen LogP contribution in [0.2, 0.25) is 5.02 Å². The van der Waals surface area contributed by atoms with Crippen LogP contribution in [0.4, 0.5) is 0 Å². The zero-order chi connectivity index (χ0) is 22.2. The van der Waals surface area contributed by atoms with Gasteiger partial charge in [0, 0.05) is 23.2 Å². The molecule has 2 aromatic rings. The first-order valence-electron chi connectivity index (χ1n) is 10.5. The molecule has 7 nitrogen and oxygen atoms in total. The van der Waals surface area contributed by atoms with Crippen molar-refractivity contribution in [1.82, 2.24) is 10.3 Å². The average Bonchev–Trinajstić information content (AvgIpc) is 2.75. The van der Waals surface area contributed by atoms with Crippen LogP contribution in [-0.4, -0.2) is 45.8 Å². The van der Waals surface area contributed by atoms with Crippen molar-refractivity contribution < 1.29 is 24.5 Å². The molecule has 1 saturated carbocycles. The van der Waals surface area contributed by atoms with Gasteiger partial charge in [0.15, 0.2) is 0 Å². The second kappa shape index (κ2) is 11.1. The zero-order valence-electron chi connectivity index (χ0n) is 17.2. The van der Waals surface area contributed by atoms with Crippen LogP contribution in [0, 0.1) is 0 Å². The number of pyridine rings is 1. The summed E-state index contributed by atoms with van der Waals surface area (Å²) in [6.45, 7) is 0.320. The van der Waals surface area contributed by atoms with Gasteiger partial charge >= 0.3 is 5.97 Å². The van der Waals surface area contributed by atoms with E-state index >= 15 is 0 Å². The minimum atomic E-state index is -0.835. The SMILES string of the molecule is O=C(O)CCCCOc1ncc(C(=O)NC2CCCC[C@H]2O)cc1-c1ccc(Cl)cc1. The highest BCUT2D eigenvalue weighted by atomic mass is 35.5. The lowest BCUT2D eigenvalue weighted by atomic mass is 9.92. The maximum Gasteiger partial charge on any atom is 0.303 e. The van der Waals surface area contributed by atoms with E-state index in [0.717, 1.165) is 24.8 Å². The summed E-state index contributed by atoms with van der Waals surface area (Å²) < 4.78 is 5.80. The molecule has 1 aliphatic rings. The molecule has 1 unspecified atom stereocenters. The highest BCUT2D eigenvalue weighted by Crippen LogP contribution is 2.30. The summed E-state index contributed by atoms with van der Waals surface area (Å²) >= 11 is 6.00. The molecule has 0 radical (unpaired) electrons. The normalized spacial score (nSPS) is 18.4. The molecule has 1 aromatic carbocycles. The Morgan fingerprint density at radius 3 is 2.61 bits per heavy atom. The minimum Gasteiger partial charge on any atom is -0.481 e. The van der Waals surface area contributed by atoms with Gasteiger partial charge in [-0.1, -0.05) is 36.6 Å². The molecule has 0 spiro atoms. The number of benzene rings is 1. The van der Waals surface area contributed by atoms with Crippen LogP contribution in [0.15, 0.2) is 36.5 Å². The quantitative estimate of drug-likeness (QED) is 0.501. The predicted molar refractivity (Wildman–Crippen MR) is 117 cm³/mol. The highest BCUT2D eigenvalue weighted by Gasteiger charge is 2.25. The third-order valence-corrected chi connectivity index (χ3v) is 5.59. The van der Waals surface area contributed by atoms with E-state index in [-0.39, 0.29) is 18.4 Å². The van der Waals surface area contributed by atoms with Crippen molar-refractivity contribution in [3.8, 4) is 17.0 Å². The number of carboxylic acid groups (broad SMARTS) is 1. The first-order valence-corrected chi connectivity index (χ1v) is 10.9. The van der Waals surface area contributed by atoms with Crippen LogP contribution in [0.3, 0.4) is 0 Å². The molecular formula is C23H27ClN2O5. The van der Waals surface area contributed by atoms with E-state index in [1.54, 1.807) is 18.2 Å². The van der Waals surface area contributed by atoms with Crippen LogP contribution >= 0.6 is 11.6 Å². The number of ether oxygens (including phenoxy) is 1. The molecule has 31 heavy (non-hydrogen) atoms. The van der Waals surface area contributed by atoms with Gasteiger partial charge in [-0.15, -0.1) is 0 Å². The van der Waals surface area contributed by atoms with E-state index in [1.807, 2.05) is 12.1 Å². The number of aromatic nitrogens is 1. The molecule has 2 atom stereocenters. The Labute approximate surface area is 186 Å². The third-order valence-electron chi connectivity index (χ3n) is 5.34. The number of halogens is 1. The monoisotopic (exact) mass is 446 g/mol. The number of aliphatic hydroxyl groups is 1. The molecule has 0 aliphatic heterocycles. The van der Waals surface area contributed by atoms with Gasteiger partial charge in [-0.05, 0) is 49.4 Å². The number of rotatable bonds is 9. The average molecular weight is 447 g/mol. The van der Waals surface area contributed by atoms with Crippen molar-refractivity contribution in [2.75, 3.05) is 6.61 Å². The van der Waals surface area contributed by atoms with E-state index in [2.05, 4.69) is 10.3 Å². The van der Waals surface area contributed by atoms with Gasteiger partial charge in [-0.25, -0.2) is 4.98 Å². The first kappa shape index (κ1) is 23.0. The second-order valence-corrected chi connectivity index (χ2v) is 8.15. The van der Waals surface area contributed by atoms with Crippen molar-refractivity contribution in [1.29, 1.82) is 0 Å². The van der Waals surface area contributed by atoms with Crippen LogP contribution in [0.1, 0.15) is 55.3 Å². The minimum absolute atomic E-state index is 0.0902. The number of nitrogens with one attached hydrogen (secondary N) is 1. The fraction of sp³-hybridized carbons (Fsp3) is 0.435. The Kier molecular flexibility index (Phi) is 8.26. The number of unbranched alkanes of at least 4 members (excludes halogenated alkanes) is 1. The van der Waals surface area contributed by atoms with Crippen LogP contribution in [0.5, 0.6) is 5.88 Å². The van der Waals surface area contributed by atoms with Crippen molar-refractivity contribution >= 4 is 23.5 Å². The number of carbonyl (C=O) groups excluding carboxylic acids is 1. The van der Waals surface area contributed by atoms with E-state index < -0.39 is 12.1 Å². The molecule has 1 fully saturated rings. The van der Waals surface area contributed by atoms with Gasteiger partial charge in [0.1, 0.15) is 0 Å². The van der Waals surface area contributed by atoms with Gasteiger partial charge in [-0.3, -0.25) is 9.59 Å². The van der Waals surface area contributed by atoms with E-state index in [4.69, 9.17) is 21.4 Å². The Morgan fingerprint density at radius 1 is 1.16 bits per heavy atom. The summed E-state index contributed by atoms with van der Waals surface area (Å²) in [5.41, 5.74) is 1.82. The molecule has 166 valence electrons. The standard InChI is InChI=1S/C23H27ClN2O5/c24-17-10-8-15(9-11-17)18-13-16(22(30)26-19-5-1-2-6-20(19)27)14-25-23(18)31-12-4-3-7-21(28)29/h8-11,13-14,19-20,27H,1-7,12H2,(H,26,30)(H,28,29)/t19?,20-/m1/s1. The Balaban J connectivity index is 1.76. The summed E-state index contributed by atoms with van der Waals surface area (Å²) in [5.74, 6) is -0.757. The lowest BCUT2D eigenvalue weighted by Crippen LogP contribution is -2.45. The molecule has 0 bridgehead atoms. The lowest BCUT2D eigenvalue weighted by molar-refractivity contribution is -0.137. The molecule has 1 aromatic heterocycles. The maximum atomic E-state index is 12.8. The van der Waals surface area contributed by atoms with Crippen molar-refractivity contribution in [2.45, 2.75) is 57.1 Å². The zero-order valence-corrected chi connectivity index (χ0v) is 18.0. The number of hydrogen-bond donors (Lipinski definition) is 3. The molecule has 0 saturated heterocycles. The molecular weight excluding hydrogens is 420 g/mol. The maximum absolute atomic E-state index is 12.8. The van der Waals surface area contributed by atoms with Gasteiger partial charge in [0.25, 0.3) is 5.91 Å². The number of carbonyl (C=O) groups is 2. The van der Waals surface area contributed by atoms with Gasteiger partial charge in [0.05, 0.1) is 24.3 Å². The number of aliphatic carboxylic acids is 1. The van der Waals surface area contributed by atoms with E-state index in [0.29, 0.717) is 47.9 Å². The number of hydrogen-bond acceptors (Lipinski definition) is 5.